The van der Waals surface area contributed by atoms with Crippen molar-refractivity contribution in [2.45, 2.75) is 45.0 Å². The van der Waals surface area contributed by atoms with E-state index >= 15 is 0 Å². The second-order valence-corrected chi connectivity index (χ2v) is 10.6. The van der Waals surface area contributed by atoms with Gasteiger partial charge in [-0.1, -0.05) is 47.5 Å². The minimum atomic E-state index is -3.41. The first-order valence-electron chi connectivity index (χ1n) is 10.4. The van der Waals surface area contributed by atoms with Crippen LogP contribution in [0, 0.1) is 6.92 Å². The van der Waals surface area contributed by atoms with Crippen LogP contribution < -0.4 is 0 Å². The third-order valence-electron chi connectivity index (χ3n) is 5.61. The van der Waals surface area contributed by atoms with Crippen molar-refractivity contribution in [2.75, 3.05) is 19.6 Å². The minimum absolute atomic E-state index is 0.00660. The van der Waals surface area contributed by atoms with Gasteiger partial charge in [0, 0.05) is 43.7 Å². The van der Waals surface area contributed by atoms with Gasteiger partial charge in [0.1, 0.15) is 0 Å². The molecule has 0 aromatic heterocycles. The third kappa shape index (κ3) is 6.53. The van der Waals surface area contributed by atoms with E-state index in [1.807, 2.05) is 50.2 Å². The summed E-state index contributed by atoms with van der Waals surface area (Å²) in [5, 5.41) is 9.62. The Labute approximate surface area is 189 Å². The van der Waals surface area contributed by atoms with Gasteiger partial charge in [0.2, 0.25) is 10.0 Å². The number of benzene rings is 2. The summed E-state index contributed by atoms with van der Waals surface area (Å²) in [6.45, 7) is 6.16. The highest BCUT2D eigenvalue weighted by Crippen LogP contribution is 2.23. The molecule has 0 amide bonds. The number of aryl methyl sites for hydroxylation is 2. The normalized spacial score (nSPS) is 18.2. The molecule has 1 aliphatic heterocycles. The van der Waals surface area contributed by atoms with Crippen molar-refractivity contribution in [2.24, 2.45) is 0 Å². The van der Waals surface area contributed by atoms with Crippen molar-refractivity contribution in [3.63, 3.8) is 0 Å². The monoisotopic (exact) mass is 464 g/mol. The van der Waals surface area contributed by atoms with E-state index < -0.39 is 16.0 Å². The lowest BCUT2D eigenvalue weighted by Crippen LogP contribution is -2.53. The summed E-state index contributed by atoms with van der Waals surface area (Å²) in [7, 11) is -3.41. The molecule has 1 fully saturated rings. The molecule has 0 radical (unpaired) electrons. The number of sulfonamides is 1. The van der Waals surface area contributed by atoms with Gasteiger partial charge in [0.05, 0.1) is 5.75 Å². The van der Waals surface area contributed by atoms with E-state index in [1.165, 1.54) is 0 Å². The summed E-state index contributed by atoms with van der Waals surface area (Å²) < 4.78 is 27.7. The van der Waals surface area contributed by atoms with Gasteiger partial charge in [0.25, 0.3) is 0 Å². The van der Waals surface area contributed by atoms with E-state index in [1.54, 1.807) is 10.4 Å². The Hall–Kier alpha value is -1.93. The Bertz CT molecular complexity index is 1040. The van der Waals surface area contributed by atoms with E-state index in [0.717, 1.165) is 22.3 Å². The number of carboxylic acid groups (broad SMARTS) is 1. The Kier molecular flexibility index (Phi) is 7.75. The first kappa shape index (κ1) is 23.7. The van der Waals surface area contributed by atoms with E-state index in [2.05, 4.69) is 4.90 Å². The SMILES string of the molecule is Cc1cccc(CS(=O)(=O)N2CCN(Cc3cc(Cl)ccc3CCC(=O)O)C[C@@H]2C)c1. The maximum atomic E-state index is 13.0. The molecule has 3 rings (SSSR count). The van der Waals surface area contributed by atoms with Crippen LogP contribution in [0.3, 0.4) is 0 Å². The summed E-state index contributed by atoms with van der Waals surface area (Å²) in [4.78, 5) is 13.2. The fourth-order valence-corrected chi connectivity index (χ4v) is 6.07. The molecule has 8 heteroatoms. The maximum Gasteiger partial charge on any atom is 0.303 e. The number of carbonyl (C=O) groups is 1. The van der Waals surface area contributed by atoms with Crippen LogP contribution in [0.4, 0.5) is 0 Å². The first-order chi connectivity index (χ1) is 14.6. The summed E-state index contributed by atoms with van der Waals surface area (Å²) >= 11 is 6.17. The van der Waals surface area contributed by atoms with Crippen molar-refractivity contribution >= 4 is 27.6 Å². The van der Waals surface area contributed by atoms with Crippen LogP contribution in [-0.4, -0.2) is 54.4 Å². The highest BCUT2D eigenvalue weighted by Gasteiger charge is 2.32. The zero-order valence-corrected chi connectivity index (χ0v) is 19.5. The molecule has 1 atom stereocenters. The quantitative estimate of drug-likeness (QED) is 0.644. The average molecular weight is 465 g/mol. The van der Waals surface area contributed by atoms with Crippen LogP contribution in [0.1, 0.15) is 35.6 Å². The number of nitrogens with zero attached hydrogens (tertiary/aromatic N) is 2. The molecule has 0 saturated carbocycles. The van der Waals surface area contributed by atoms with Gasteiger partial charge in [-0.2, -0.15) is 4.31 Å². The molecule has 6 nitrogen and oxygen atoms in total. The Morgan fingerprint density at radius 3 is 2.61 bits per heavy atom. The maximum absolute atomic E-state index is 13.0. The van der Waals surface area contributed by atoms with Crippen molar-refractivity contribution in [3.05, 3.63) is 69.7 Å². The Morgan fingerprint density at radius 2 is 1.94 bits per heavy atom. The minimum Gasteiger partial charge on any atom is -0.481 e. The summed E-state index contributed by atoms with van der Waals surface area (Å²) in [6.07, 6.45) is 0.512. The van der Waals surface area contributed by atoms with Crippen LogP contribution in [0.5, 0.6) is 0 Å². The molecule has 2 aromatic rings. The molecular formula is C23H29ClN2O4S. The van der Waals surface area contributed by atoms with Crippen molar-refractivity contribution in [1.82, 2.24) is 9.21 Å². The highest BCUT2D eigenvalue weighted by molar-refractivity contribution is 7.88. The lowest BCUT2D eigenvalue weighted by Gasteiger charge is -2.39. The van der Waals surface area contributed by atoms with Gasteiger partial charge in [-0.25, -0.2) is 8.42 Å². The predicted octanol–water partition coefficient (Wildman–Crippen LogP) is 3.70. The van der Waals surface area contributed by atoms with Gasteiger partial charge in [-0.05, 0) is 49.1 Å². The largest absolute Gasteiger partial charge is 0.481 e. The summed E-state index contributed by atoms with van der Waals surface area (Å²) in [6, 6.07) is 13.0. The lowest BCUT2D eigenvalue weighted by atomic mass is 10.0. The van der Waals surface area contributed by atoms with E-state index in [0.29, 0.717) is 37.6 Å². The zero-order chi connectivity index (χ0) is 22.6. The summed E-state index contributed by atoms with van der Waals surface area (Å²) in [5.41, 5.74) is 3.81. The van der Waals surface area contributed by atoms with Gasteiger partial charge in [-0.15, -0.1) is 0 Å². The fraction of sp³-hybridized carbons (Fsp3) is 0.435. The van der Waals surface area contributed by atoms with Crippen LogP contribution in [0.15, 0.2) is 42.5 Å². The smallest absolute Gasteiger partial charge is 0.303 e. The van der Waals surface area contributed by atoms with Crippen molar-refractivity contribution in [3.8, 4) is 0 Å². The molecule has 31 heavy (non-hydrogen) atoms. The number of halogens is 1. The average Bonchev–Trinajstić information content (AvgIpc) is 2.66. The van der Waals surface area contributed by atoms with Crippen LogP contribution in [0.25, 0.3) is 0 Å². The van der Waals surface area contributed by atoms with Crippen molar-refractivity contribution in [1.29, 1.82) is 0 Å². The van der Waals surface area contributed by atoms with E-state index in [-0.39, 0.29) is 18.2 Å². The highest BCUT2D eigenvalue weighted by atomic mass is 35.5. The third-order valence-corrected chi connectivity index (χ3v) is 7.80. The molecule has 168 valence electrons. The van der Waals surface area contributed by atoms with E-state index in [9.17, 15) is 13.2 Å². The molecule has 1 heterocycles. The molecule has 2 aromatic carbocycles. The van der Waals surface area contributed by atoms with Gasteiger partial charge >= 0.3 is 5.97 Å². The molecule has 0 aliphatic carbocycles. The van der Waals surface area contributed by atoms with Gasteiger partial charge in [0.15, 0.2) is 0 Å². The second kappa shape index (κ2) is 10.1. The standard InChI is InChI=1S/C23H29ClN2O4S/c1-17-4-3-5-19(12-17)16-31(29,30)26-11-10-25(14-18(26)2)15-21-13-22(24)8-6-20(21)7-9-23(27)28/h3-6,8,12-13,18H,7,9-11,14-16H2,1-2H3,(H,27,28)/t18-/m0/s1. The van der Waals surface area contributed by atoms with Crippen LogP contribution >= 0.6 is 11.6 Å². The molecular weight excluding hydrogens is 436 g/mol. The fourth-order valence-electron chi connectivity index (χ4n) is 4.14. The number of hydrogen-bond donors (Lipinski definition) is 1. The molecule has 0 bridgehead atoms. The number of rotatable bonds is 8. The predicted molar refractivity (Wildman–Crippen MR) is 123 cm³/mol. The molecule has 0 unspecified atom stereocenters. The number of aliphatic carboxylic acids is 1. The summed E-state index contributed by atoms with van der Waals surface area (Å²) in [5.74, 6) is -0.825. The number of hydrogen-bond acceptors (Lipinski definition) is 4. The van der Waals surface area contributed by atoms with Crippen LogP contribution in [-0.2, 0) is 33.5 Å². The molecule has 1 N–H and O–H groups in total. The Balaban J connectivity index is 1.66. The first-order valence-corrected chi connectivity index (χ1v) is 12.4. The van der Waals surface area contributed by atoms with E-state index in [4.69, 9.17) is 16.7 Å². The van der Waals surface area contributed by atoms with Gasteiger partial charge < -0.3 is 5.11 Å². The lowest BCUT2D eigenvalue weighted by molar-refractivity contribution is -0.136. The number of carboxylic acids is 1. The van der Waals surface area contributed by atoms with Crippen LogP contribution in [0.2, 0.25) is 5.02 Å². The molecule has 1 saturated heterocycles. The molecule has 1 aliphatic rings. The van der Waals surface area contributed by atoms with Gasteiger partial charge in [-0.3, -0.25) is 9.69 Å². The molecule has 0 spiro atoms. The topological polar surface area (TPSA) is 77.9 Å². The van der Waals surface area contributed by atoms with Crippen molar-refractivity contribution < 1.29 is 18.3 Å². The Morgan fingerprint density at radius 1 is 1.16 bits per heavy atom. The number of piperazine rings is 1. The second-order valence-electron chi connectivity index (χ2n) is 8.25. The zero-order valence-electron chi connectivity index (χ0n) is 17.9.